The molecule has 0 aliphatic rings. The van der Waals surface area contributed by atoms with E-state index >= 15 is 0 Å². The van der Waals surface area contributed by atoms with Gasteiger partial charge >= 0.3 is 18.0 Å². The van der Waals surface area contributed by atoms with Gasteiger partial charge in [-0.05, 0) is 13.3 Å². The van der Waals surface area contributed by atoms with Crippen molar-refractivity contribution in [1.82, 2.24) is 0 Å². The van der Waals surface area contributed by atoms with Crippen LogP contribution in [0.3, 0.4) is 0 Å². The zero-order valence-corrected chi connectivity index (χ0v) is 7.87. The van der Waals surface area contributed by atoms with Gasteiger partial charge in [0.05, 0.1) is 0 Å². The smallest absolute Gasteiger partial charge is 0.386 e. The summed E-state index contributed by atoms with van der Waals surface area (Å²) in [5.74, 6) is 0. The molecule has 92 valence electrons. The second-order valence-electron chi connectivity index (χ2n) is 3.32. The first-order chi connectivity index (χ1) is 6.31. The molecule has 0 aromatic heterocycles. The Morgan fingerprint density at radius 3 is 1.33 bits per heavy atom. The average Bonchev–Trinajstić information content (AvgIpc) is 1.98. The van der Waals surface area contributed by atoms with Crippen molar-refractivity contribution >= 4 is 0 Å². The van der Waals surface area contributed by atoms with Gasteiger partial charge in [-0.25, -0.2) is 4.39 Å². The van der Waals surface area contributed by atoms with Crippen molar-refractivity contribution in [3.05, 3.63) is 0 Å². The van der Waals surface area contributed by atoms with E-state index in [4.69, 9.17) is 10.2 Å². The first kappa shape index (κ1) is 14.5. The van der Waals surface area contributed by atoms with Crippen LogP contribution in [-0.2, 0) is 0 Å². The van der Waals surface area contributed by atoms with E-state index in [1.807, 2.05) is 0 Å². The molecule has 0 fully saturated rings. The first-order valence-corrected chi connectivity index (χ1v) is 3.89. The molecule has 0 amide bonds. The van der Waals surface area contributed by atoms with Gasteiger partial charge < -0.3 is 10.2 Å². The molecule has 0 rings (SSSR count). The van der Waals surface area contributed by atoms with E-state index in [0.717, 1.165) is 6.92 Å². The molecule has 2 atom stereocenters. The number of rotatable bonds is 3. The number of halogens is 6. The van der Waals surface area contributed by atoms with Crippen LogP contribution >= 0.6 is 0 Å². The summed E-state index contributed by atoms with van der Waals surface area (Å²) in [7, 11) is 0. The van der Waals surface area contributed by atoms with Gasteiger partial charge in [-0.2, -0.15) is 22.0 Å². The van der Waals surface area contributed by atoms with Crippen LogP contribution in [0, 0.1) is 0 Å². The lowest BCUT2D eigenvalue weighted by molar-refractivity contribution is -0.406. The maximum Gasteiger partial charge on any atom is 0.434 e. The minimum absolute atomic E-state index is 0.241. The molecule has 0 aromatic rings. The Morgan fingerprint density at radius 2 is 1.27 bits per heavy atom. The molecule has 0 spiro atoms. The fraction of sp³-hybridized carbons (Fsp3) is 1.00. The standard InChI is InChI=1S/C7H10F6O2/c1-3-4(2,14)5(8,6(9,10)11)7(12,13)15/h14-15H,3H2,1-2H3. The molecule has 0 saturated carbocycles. The third-order valence-corrected chi connectivity index (χ3v) is 2.24. The van der Waals surface area contributed by atoms with E-state index < -0.39 is 30.0 Å². The Balaban J connectivity index is 5.65. The summed E-state index contributed by atoms with van der Waals surface area (Å²) in [5.41, 5.74) is -8.83. The lowest BCUT2D eigenvalue weighted by Crippen LogP contribution is -2.68. The molecule has 0 radical (unpaired) electrons. The number of hydrogen-bond acceptors (Lipinski definition) is 2. The fourth-order valence-corrected chi connectivity index (χ4v) is 1.04. The number of alkyl halides is 6. The molecule has 0 aromatic carbocycles. The van der Waals surface area contributed by atoms with Gasteiger partial charge in [0.2, 0.25) is 0 Å². The largest absolute Gasteiger partial charge is 0.434 e. The predicted octanol–water partition coefficient (Wildman–Crippen LogP) is 2.00. The molecule has 0 heterocycles. The maximum absolute atomic E-state index is 13.2. The van der Waals surface area contributed by atoms with Crippen LogP contribution in [0.4, 0.5) is 26.3 Å². The highest BCUT2D eigenvalue weighted by atomic mass is 19.4. The van der Waals surface area contributed by atoms with E-state index in [1.165, 1.54) is 0 Å². The van der Waals surface area contributed by atoms with Crippen LogP contribution in [0.1, 0.15) is 20.3 Å². The molecule has 0 aliphatic heterocycles. The molecule has 15 heavy (non-hydrogen) atoms. The minimum Gasteiger partial charge on any atom is -0.386 e. The van der Waals surface area contributed by atoms with Crippen LogP contribution < -0.4 is 0 Å². The minimum atomic E-state index is -6.09. The summed E-state index contributed by atoms with van der Waals surface area (Å²) in [6, 6.07) is 0. The highest BCUT2D eigenvalue weighted by Gasteiger charge is 2.78. The van der Waals surface area contributed by atoms with E-state index in [0.29, 0.717) is 0 Å². The monoisotopic (exact) mass is 240 g/mol. The van der Waals surface area contributed by atoms with Crippen molar-refractivity contribution in [3.63, 3.8) is 0 Å². The Kier molecular flexibility index (Phi) is 3.40. The predicted molar refractivity (Wildman–Crippen MR) is 38.0 cm³/mol. The second kappa shape index (κ2) is 3.51. The molecule has 8 heteroatoms. The molecule has 2 unspecified atom stereocenters. The summed E-state index contributed by atoms with van der Waals surface area (Å²) in [6.45, 7) is 1.12. The summed E-state index contributed by atoms with van der Waals surface area (Å²) in [4.78, 5) is 0. The topological polar surface area (TPSA) is 40.5 Å². The van der Waals surface area contributed by atoms with Crippen molar-refractivity contribution in [2.24, 2.45) is 0 Å². The van der Waals surface area contributed by atoms with Gasteiger partial charge in [-0.15, -0.1) is 0 Å². The quantitative estimate of drug-likeness (QED) is 0.741. The molecule has 0 bridgehead atoms. The molecule has 2 nitrogen and oxygen atoms in total. The third kappa shape index (κ3) is 2.05. The van der Waals surface area contributed by atoms with Gasteiger partial charge in [-0.3, -0.25) is 0 Å². The Hall–Kier alpha value is -0.500. The van der Waals surface area contributed by atoms with Crippen LogP contribution in [0.2, 0.25) is 0 Å². The molecule has 0 aliphatic carbocycles. The van der Waals surface area contributed by atoms with Gasteiger partial charge in [-0.1, -0.05) is 6.92 Å². The van der Waals surface area contributed by atoms with E-state index in [1.54, 1.807) is 0 Å². The van der Waals surface area contributed by atoms with Crippen LogP contribution in [-0.4, -0.2) is 33.8 Å². The lowest BCUT2D eigenvalue weighted by Gasteiger charge is -2.41. The van der Waals surface area contributed by atoms with Crippen molar-refractivity contribution in [2.45, 2.75) is 43.8 Å². The normalized spacial score (nSPS) is 22.0. The van der Waals surface area contributed by atoms with Crippen molar-refractivity contribution in [3.8, 4) is 0 Å². The zero-order chi connectivity index (χ0) is 12.7. The van der Waals surface area contributed by atoms with Crippen LogP contribution in [0.15, 0.2) is 0 Å². The van der Waals surface area contributed by atoms with Crippen LogP contribution in [0.5, 0.6) is 0 Å². The fourth-order valence-electron chi connectivity index (χ4n) is 1.04. The maximum atomic E-state index is 13.2. The van der Waals surface area contributed by atoms with Crippen molar-refractivity contribution in [1.29, 1.82) is 0 Å². The summed E-state index contributed by atoms with van der Waals surface area (Å²) in [5, 5.41) is 16.9. The SMILES string of the molecule is CCC(C)(O)C(F)(C(O)(F)F)C(F)(F)F. The number of hydrogen-bond donors (Lipinski definition) is 2. The highest BCUT2D eigenvalue weighted by Crippen LogP contribution is 2.51. The summed E-state index contributed by atoms with van der Waals surface area (Å²) in [6.07, 6.45) is -12.8. The van der Waals surface area contributed by atoms with E-state index in [-0.39, 0.29) is 6.92 Å². The molecular formula is C7H10F6O2. The summed E-state index contributed by atoms with van der Waals surface area (Å²) >= 11 is 0. The van der Waals surface area contributed by atoms with E-state index in [2.05, 4.69) is 0 Å². The molecule has 2 N–H and O–H groups in total. The van der Waals surface area contributed by atoms with E-state index in [9.17, 15) is 26.3 Å². The molecular weight excluding hydrogens is 230 g/mol. The Bertz CT molecular complexity index is 215. The van der Waals surface area contributed by atoms with Gasteiger partial charge in [0.25, 0.3) is 0 Å². The van der Waals surface area contributed by atoms with Gasteiger partial charge in [0.15, 0.2) is 0 Å². The Morgan fingerprint density at radius 1 is 0.933 bits per heavy atom. The first-order valence-electron chi connectivity index (χ1n) is 3.89. The molecule has 0 saturated heterocycles. The summed E-state index contributed by atoms with van der Waals surface area (Å²) < 4.78 is 74.0. The highest BCUT2D eigenvalue weighted by molar-refractivity contribution is 5.07. The van der Waals surface area contributed by atoms with Gasteiger partial charge in [0.1, 0.15) is 5.60 Å². The Labute approximate surface area is 81.5 Å². The third-order valence-electron chi connectivity index (χ3n) is 2.24. The lowest BCUT2D eigenvalue weighted by atomic mass is 9.82. The number of aliphatic hydroxyl groups is 2. The van der Waals surface area contributed by atoms with Gasteiger partial charge in [0, 0.05) is 0 Å². The average molecular weight is 240 g/mol. The van der Waals surface area contributed by atoms with Crippen LogP contribution in [0.25, 0.3) is 0 Å². The zero-order valence-electron chi connectivity index (χ0n) is 7.87. The van der Waals surface area contributed by atoms with Crippen molar-refractivity contribution in [2.75, 3.05) is 0 Å². The van der Waals surface area contributed by atoms with Crippen molar-refractivity contribution < 1.29 is 36.6 Å². The second-order valence-corrected chi connectivity index (χ2v) is 3.32.